The molecule has 0 saturated carbocycles. The van der Waals surface area contributed by atoms with Crippen LogP contribution in [0.15, 0.2) is 42.5 Å². The number of nitriles is 1. The van der Waals surface area contributed by atoms with Gasteiger partial charge in [-0.15, -0.1) is 0 Å². The van der Waals surface area contributed by atoms with Crippen LogP contribution in [0.5, 0.6) is 0 Å². The van der Waals surface area contributed by atoms with E-state index >= 15 is 0 Å². The summed E-state index contributed by atoms with van der Waals surface area (Å²) in [5, 5.41) is 16.5. The number of nitrogens with zero attached hydrogens (tertiary/aromatic N) is 3. The molecule has 1 heterocycles. The van der Waals surface area contributed by atoms with Gasteiger partial charge in [-0.1, -0.05) is 18.2 Å². The molecule has 0 unspecified atom stereocenters. The fraction of sp³-hybridized carbons (Fsp3) is 0.261. The van der Waals surface area contributed by atoms with Crippen molar-refractivity contribution < 1.29 is 13.6 Å². The quantitative estimate of drug-likeness (QED) is 0.562. The topological polar surface area (TPSA) is 70.7 Å². The molecule has 0 radical (unpaired) electrons. The van der Waals surface area contributed by atoms with Gasteiger partial charge in [0.1, 0.15) is 0 Å². The lowest BCUT2D eigenvalue weighted by Crippen LogP contribution is -2.27. The van der Waals surface area contributed by atoms with E-state index < -0.39 is 11.6 Å². The molecule has 1 amide bonds. The molecule has 2 aromatic carbocycles. The summed E-state index contributed by atoms with van der Waals surface area (Å²) in [6, 6.07) is 13.3. The molecule has 1 aromatic heterocycles. The summed E-state index contributed by atoms with van der Waals surface area (Å²) in [6.45, 7) is 0.463. The van der Waals surface area contributed by atoms with Gasteiger partial charge in [-0.3, -0.25) is 4.79 Å². The number of halogens is 2. The van der Waals surface area contributed by atoms with Crippen molar-refractivity contribution in [1.29, 1.82) is 5.26 Å². The molecule has 4 rings (SSSR count). The first-order valence-corrected chi connectivity index (χ1v) is 11.1. The molecule has 31 heavy (non-hydrogen) atoms. The van der Waals surface area contributed by atoms with E-state index in [0.717, 1.165) is 48.2 Å². The summed E-state index contributed by atoms with van der Waals surface area (Å²) in [7, 11) is 0. The molecule has 1 aliphatic rings. The predicted octanol–water partition coefficient (Wildman–Crippen LogP) is 4.17. The SMILES string of the molecule is N#Cc1ccccc1CSCCNC(=O)c1nn(-c2ccc(F)c(F)c2)c2c1CCC2. The molecule has 0 atom stereocenters. The summed E-state index contributed by atoms with van der Waals surface area (Å²) in [5.74, 6) is -0.740. The van der Waals surface area contributed by atoms with Gasteiger partial charge in [0.05, 0.1) is 17.3 Å². The van der Waals surface area contributed by atoms with E-state index in [9.17, 15) is 13.6 Å². The third-order valence-corrected chi connectivity index (χ3v) is 6.23. The first-order valence-electron chi connectivity index (χ1n) is 9.98. The molecule has 5 nitrogen and oxygen atoms in total. The van der Waals surface area contributed by atoms with Crippen LogP contribution in [-0.2, 0) is 18.6 Å². The molecule has 0 bridgehead atoms. The second-order valence-electron chi connectivity index (χ2n) is 7.22. The fourth-order valence-electron chi connectivity index (χ4n) is 3.71. The van der Waals surface area contributed by atoms with Gasteiger partial charge in [0.15, 0.2) is 17.3 Å². The molecule has 1 aliphatic carbocycles. The molecular formula is C23H20F2N4OS. The lowest BCUT2D eigenvalue weighted by atomic mass is 10.1. The van der Waals surface area contributed by atoms with Gasteiger partial charge in [0, 0.05) is 35.4 Å². The maximum Gasteiger partial charge on any atom is 0.272 e. The van der Waals surface area contributed by atoms with Crippen LogP contribution in [0, 0.1) is 23.0 Å². The van der Waals surface area contributed by atoms with Crippen molar-refractivity contribution in [3.63, 3.8) is 0 Å². The zero-order chi connectivity index (χ0) is 21.8. The number of carbonyl (C=O) groups is 1. The fourth-order valence-corrected chi connectivity index (χ4v) is 4.57. The Morgan fingerprint density at radius 2 is 2.03 bits per heavy atom. The molecule has 158 valence electrons. The van der Waals surface area contributed by atoms with Crippen LogP contribution >= 0.6 is 11.8 Å². The number of fused-ring (bicyclic) bond motifs is 1. The normalized spacial score (nSPS) is 12.4. The van der Waals surface area contributed by atoms with Gasteiger partial charge in [0.25, 0.3) is 5.91 Å². The van der Waals surface area contributed by atoms with Crippen molar-refractivity contribution in [2.45, 2.75) is 25.0 Å². The Morgan fingerprint density at radius 1 is 1.19 bits per heavy atom. The van der Waals surface area contributed by atoms with E-state index in [0.29, 0.717) is 35.0 Å². The van der Waals surface area contributed by atoms with Gasteiger partial charge >= 0.3 is 0 Å². The maximum atomic E-state index is 13.7. The Morgan fingerprint density at radius 3 is 2.84 bits per heavy atom. The van der Waals surface area contributed by atoms with Gasteiger partial charge in [0.2, 0.25) is 0 Å². The third-order valence-electron chi connectivity index (χ3n) is 5.22. The Kier molecular flexibility index (Phi) is 6.33. The van der Waals surface area contributed by atoms with Crippen molar-refractivity contribution in [2.75, 3.05) is 12.3 Å². The van der Waals surface area contributed by atoms with E-state index in [1.165, 1.54) is 6.07 Å². The van der Waals surface area contributed by atoms with E-state index in [-0.39, 0.29) is 5.91 Å². The molecule has 0 spiro atoms. The van der Waals surface area contributed by atoms with Crippen molar-refractivity contribution in [3.05, 3.63) is 82.2 Å². The summed E-state index contributed by atoms with van der Waals surface area (Å²) < 4.78 is 28.5. The maximum absolute atomic E-state index is 13.7. The lowest BCUT2D eigenvalue weighted by Gasteiger charge is -2.06. The van der Waals surface area contributed by atoms with Gasteiger partial charge < -0.3 is 5.32 Å². The van der Waals surface area contributed by atoms with Crippen molar-refractivity contribution >= 4 is 17.7 Å². The Bertz CT molecular complexity index is 1170. The average Bonchev–Trinajstić information content (AvgIpc) is 3.38. The minimum absolute atomic E-state index is 0.266. The highest BCUT2D eigenvalue weighted by Crippen LogP contribution is 2.28. The van der Waals surface area contributed by atoms with Crippen LogP contribution in [-0.4, -0.2) is 28.0 Å². The Labute approximate surface area is 183 Å². The number of rotatable bonds is 7. The van der Waals surface area contributed by atoms with E-state index in [2.05, 4.69) is 16.5 Å². The number of nitrogens with one attached hydrogen (secondary N) is 1. The summed E-state index contributed by atoms with van der Waals surface area (Å²) in [5.41, 5.74) is 4.14. The third kappa shape index (κ3) is 4.47. The van der Waals surface area contributed by atoms with Crippen molar-refractivity contribution in [2.24, 2.45) is 0 Å². The Balaban J connectivity index is 1.39. The van der Waals surface area contributed by atoms with E-state index in [1.54, 1.807) is 22.5 Å². The molecule has 0 saturated heterocycles. The van der Waals surface area contributed by atoms with Crippen LogP contribution < -0.4 is 5.32 Å². The smallest absolute Gasteiger partial charge is 0.272 e. The van der Waals surface area contributed by atoms with Crippen LogP contribution in [0.3, 0.4) is 0 Å². The second-order valence-corrected chi connectivity index (χ2v) is 8.32. The number of thioether (sulfide) groups is 1. The number of benzene rings is 2. The average molecular weight is 439 g/mol. The van der Waals surface area contributed by atoms with E-state index in [4.69, 9.17) is 5.26 Å². The molecule has 3 aromatic rings. The number of amides is 1. The monoisotopic (exact) mass is 438 g/mol. The molecular weight excluding hydrogens is 418 g/mol. The van der Waals surface area contributed by atoms with Crippen LogP contribution in [0.2, 0.25) is 0 Å². The zero-order valence-corrected chi connectivity index (χ0v) is 17.5. The highest BCUT2D eigenvalue weighted by molar-refractivity contribution is 7.98. The summed E-state index contributed by atoms with van der Waals surface area (Å²) in [6.07, 6.45) is 2.37. The van der Waals surface area contributed by atoms with E-state index in [1.807, 2.05) is 18.2 Å². The first kappa shape index (κ1) is 21.1. The number of aromatic nitrogens is 2. The van der Waals surface area contributed by atoms with Crippen LogP contribution in [0.4, 0.5) is 8.78 Å². The van der Waals surface area contributed by atoms with Crippen molar-refractivity contribution in [1.82, 2.24) is 15.1 Å². The number of hydrogen-bond donors (Lipinski definition) is 1. The Hall–Kier alpha value is -3.18. The summed E-state index contributed by atoms with van der Waals surface area (Å²) >= 11 is 1.63. The summed E-state index contributed by atoms with van der Waals surface area (Å²) in [4.78, 5) is 12.7. The van der Waals surface area contributed by atoms with Gasteiger partial charge in [-0.2, -0.15) is 22.1 Å². The predicted molar refractivity (Wildman–Crippen MR) is 115 cm³/mol. The largest absolute Gasteiger partial charge is 0.350 e. The first-order chi connectivity index (χ1) is 15.1. The van der Waals surface area contributed by atoms with Crippen molar-refractivity contribution in [3.8, 4) is 11.8 Å². The highest BCUT2D eigenvalue weighted by atomic mass is 32.2. The number of carbonyl (C=O) groups excluding carboxylic acids is 1. The molecule has 1 N–H and O–H groups in total. The standard InChI is InChI=1S/C23H20F2N4OS/c24-19-9-8-17(12-20(19)25)29-21-7-3-6-18(21)22(28-29)23(30)27-10-11-31-14-16-5-2-1-4-15(16)13-26/h1-2,4-5,8-9,12H,3,6-7,10-11,14H2,(H,27,30). The zero-order valence-electron chi connectivity index (χ0n) is 16.7. The second kappa shape index (κ2) is 9.31. The molecule has 0 aliphatic heterocycles. The lowest BCUT2D eigenvalue weighted by molar-refractivity contribution is 0.0950. The van der Waals surface area contributed by atoms with Gasteiger partial charge in [-0.25, -0.2) is 13.5 Å². The molecule has 0 fully saturated rings. The number of hydrogen-bond acceptors (Lipinski definition) is 4. The minimum Gasteiger partial charge on any atom is -0.350 e. The van der Waals surface area contributed by atoms with Gasteiger partial charge in [-0.05, 0) is 43.0 Å². The van der Waals surface area contributed by atoms with Crippen LogP contribution in [0.1, 0.15) is 39.3 Å². The highest BCUT2D eigenvalue weighted by Gasteiger charge is 2.27. The van der Waals surface area contributed by atoms with Crippen LogP contribution in [0.25, 0.3) is 5.69 Å². The minimum atomic E-state index is -0.944. The molecule has 8 heteroatoms.